The third-order valence-corrected chi connectivity index (χ3v) is 0.664. The highest BCUT2D eigenvalue weighted by Crippen LogP contribution is 1.90. The number of nitriles is 1. The minimum Gasteiger partial charge on any atom is -0.226 e. The van der Waals surface area contributed by atoms with Crippen molar-refractivity contribution in [2.45, 2.75) is 19.5 Å². The molecule has 0 amide bonds. The Balaban J connectivity index is 3.40. The first kappa shape index (κ1) is 7.16. The van der Waals surface area contributed by atoms with Crippen LogP contribution in [0.3, 0.4) is 0 Å². The van der Waals surface area contributed by atoms with Crippen LogP contribution in [0.1, 0.15) is 13.3 Å². The first-order valence-corrected chi connectivity index (χ1v) is 2.51. The lowest BCUT2D eigenvalue weighted by Gasteiger charge is -1.82. The summed E-state index contributed by atoms with van der Waals surface area (Å²) in [5.74, 6) is 0. The van der Waals surface area contributed by atoms with Gasteiger partial charge in [0.25, 0.3) is 0 Å². The summed E-state index contributed by atoms with van der Waals surface area (Å²) in [5.41, 5.74) is 0. The molecule has 0 bridgehead atoms. The number of nitrogens with zero attached hydrogens (tertiary/aromatic N) is 1. The van der Waals surface area contributed by atoms with Crippen molar-refractivity contribution in [3.8, 4) is 6.07 Å². The van der Waals surface area contributed by atoms with Crippen LogP contribution < -0.4 is 0 Å². The maximum atomic E-state index is 11.9. The van der Waals surface area contributed by atoms with Crippen LogP contribution in [0.5, 0.6) is 0 Å². The van der Waals surface area contributed by atoms with E-state index in [9.17, 15) is 4.39 Å². The SMILES string of the molecule is CCC=CC(F)C#N. The van der Waals surface area contributed by atoms with Crippen molar-refractivity contribution in [2.24, 2.45) is 0 Å². The third-order valence-electron chi connectivity index (χ3n) is 0.664. The Morgan fingerprint density at radius 1 is 1.88 bits per heavy atom. The predicted octanol–water partition coefficient (Wildman–Crippen LogP) is 1.81. The second-order valence-corrected chi connectivity index (χ2v) is 1.37. The van der Waals surface area contributed by atoms with E-state index in [1.54, 1.807) is 6.08 Å². The van der Waals surface area contributed by atoms with Gasteiger partial charge in [-0.05, 0) is 12.5 Å². The molecule has 0 aromatic heterocycles. The summed E-state index contributed by atoms with van der Waals surface area (Å²) in [4.78, 5) is 0. The van der Waals surface area contributed by atoms with E-state index in [-0.39, 0.29) is 0 Å². The average Bonchev–Trinajstić information content (AvgIpc) is 1.83. The second-order valence-electron chi connectivity index (χ2n) is 1.37. The van der Waals surface area contributed by atoms with Gasteiger partial charge >= 0.3 is 0 Å². The molecule has 0 aliphatic carbocycles. The summed E-state index contributed by atoms with van der Waals surface area (Å²) in [6, 6.07) is 1.45. The van der Waals surface area contributed by atoms with Crippen molar-refractivity contribution in [1.29, 1.82) is 5.26 Å². The standard InChI is InChI=1S/C6H8FN/c1-2-3-4-6(7)5-8/h3-4,6H,2H2,1H3. The smallest absolute Gasteiger partial charge is 0.204 e. The van der Waals surface area contributed by atoms with Gasteiger partial charge in [0.2, 0.25) is 6.17 Å². The van der Waals surface area contributed by atoms with Crippen molar-refractivity contribution in [3.63, 3.8) is 0 Å². The van der Waals surface area contributed by atoms with E-state index in [1.165, 1.54) is 12.1 Å². The van der Waals surface area contributed by atoms with E-state index >= 15 is 0 Å². The van der Waals surface area contributed by atoms with Gasteiger partial charge in [-0.2, -0.15) is 5.26 Å². The van der Waals surface area contributed by atoms with Crippen molar-refractivity contribution in [3.05, 3.63) is 12.2 Å². The maximum Gasteiger partial charge on any atom is 0.204 e. The van der Waals surface area contributed by atoms with Crippen LogP contribution in [-0.2, 0) is 0 Å². The van der Waals surface area contributed by atoms with Crippen LogP contribution in [0.25, 0.3) is 0 Å². The molecule has 0 spiro atoms. The molecule has 0 N–H and O–H groups in total. The van der Waals surface area contributed by atoms with Gasteiger partial charge in [0.15, 0.2) is 0 Å². The lowest BCUT2D eigenvalue weighted by Crippen LogP contribution is -1.85. The van der Waals surface area contributed by atoms with Crippen LogP contribution in [-0.4, -0.2) is 6.17 Å². The quantitative estimate of drug-likeness (QED) is 0.501. The highest BCUT2D eigenvalue weighted by Gasteiger charge is 1.92. The molecule has 0 heterocycles. The molecule has 0 aromatic carbocycles. The molecule has 1 unspecified atom stereocenters. The Bertz CT molecular complexity index is 112. The minimum absolute atomic E-state index is 0.780. The highest BCUT2D eigenvalue weighted by atomic mass is 19.1. The molecular weight excluding hydrogens is 105 g/mol. The molecule has 1 nitrogen and oxygen atoms in total. The van der Waals surface area contributed by atoms with E-state index in [4.69, 9.17) is 5.26 Å². The molecule has 0 aliphatic rings. The lowest BCUT2D eigenvalue weighted by atomic mass is 10.3. The van der Waals surface area contributed by atoms with Gasteiger partial charge < -0.3 is 0 Å². The Labute approximate surface area is 48.4 Å². The lowest BCUT2D eigenvalue weighted by molar-refractivity contribution is 0.477. The fraction of sp³-hybridized carbons (Fsp3) is 0.500. The average molecular weight is 113 g/mol. The van der Waals surface area contributed by atoms with Gasteiger partial charge in [-0.3, -0.25) is 0 Å². The van der Waals surface area contributed by atoms with Crippen LogP contribution >= 0.6 is 0 Å². The Morgan fingerprint density at radius 2 is 2.50 bits per heavy atom. The minimum atomic E-state index is -1.42. The van der Waals surface area contributed by atoms with Gasteiger partial charge in [0, 0.05) is 0 Å². The monoisotopic (exact) mass is 113 g/mol. The normalized spacial score (nSPS) is 13.6. The first-order valence-electron chi connectivity index (χ1n) is 2.51. The summed E-state index contributed by atoms with van der Waals surface area (Å²) in [7, 11) is 0. The number of halogens is 1. The predicted molar refractivity (Wildman–Crippen MR) is 29.9 cm³/mol. The van der Waals surface area contributed by atoms with Crippen LogP contribution in [0.15, 0.2) is 12.2 Å². The third kappa shape index (κ3) is 3.35. The molecule has 44 valence electrons. The summed E-state index contributed by atoms with van der Waals surface area (Å²) < 4.78 is 11.9. The number of allylic oxidation sites excluding steroid dienone is 2. The number of rotatable bonds is 2. The largest absolute Gasteiger partial charge is 0.226 e. The summed E-state index contributed by atoms with van der Waals surface area (Å²) >= 11 is 0. The van der Waals surface area contributed by atoms with E-state index in [2.05, 4.69) is 0 Å². The molecular formula is C6H8FN. The molecule has 0 rings (SSSR count). The summed E-state index contributed by atoms with van der Waals surface area (Å²) in [6.45, 7) is 1.89. The van der Waals surface area contributed by atoms with Gasteiger partial charge in [0.1, 0.15) is 6.07 Å². The zero-order chi connectivity index (χ0) is 6.41. The highest BCUT2D eigenvalue weighted by molar-refractivity contribution is 5.00. The maximum absolute atomic E-state index is 11.9. The molecule has 0 aromatic rings. The first-order chi connectivity index (χ1) is 3.81. The molecule has 8 heavy (non-hydrogen) atoms. The number of hydrogen-bond donors (Lipinski definition) is 0. The Hall–Kier alpha value is -0.840. The summed E-state index contributed by atoms with van der Waals surface area (Å²) in [6.07, 6.45) is 2.24. The zero-order valence-corrected chi connectivity index (χ0v) is 4.76. The molecule has 0 aliphatic heterocycles. The van der Waals surface area contributed by atoms with Crippen molar-refractivity contribution in [2.75, 3.05) is 0 Å². The van der Waals surface area contributed by atoms with Crippen LogP contribution in [0.2, 0.25) is 0 Å². The molecule has 2 heteroatoms. The van der Waals surface area contributed by atoms with Gasteiger partial charge in [-0.1, -0.05) is 13.0 Å². The fourth-order valence-electron chi connectivity index (χ4n) is 0.299. The van der Waals surface area contributed by atoms with Crippen molar-refractivity contribution >= 4 is 0 Å². The summed E-state index contributed by atoms with van der Waals surface area (Å²) in [5, 5.41) is 7.89. The van der Waals surface area contributed by atoms with Crippen LogP contribution in [0.4, 0.5) is 4.39 Å². The van der Waals surface area contributed by atoms with Crippen molar-refractivity contribution in [1.82, 2.24) is 0 Å². The van der Waals surface area contributed by atoms with E-state index in [0.29, 0.717) is 0 Å². The van der Waals surface area contributed by atoms with Gasteiger partial charge in [0.05, 0.1) is 0 Å². The van der Waals surface area contributed by atoms with Gasteiger partial charge in [-0.25, -0.2) is 4.39 Å². The van der Waals surface area contributed by atoms with E-state index < -0.39 is 6.17 Å². The molecule has 0 radical (unpaired) electrons. The molecule has 0 fully saturated rings. The second kappa shape index (κ2) is 4.32. The van der Waals surface area contributed by atoms with Gasteiger partial charge in [-0.15, -0.1) is 0 Å². The Morgan fingerprint density at radius 3 is 2.88 bits per heavy atom. The fourth-order valence-corrected chi connectivity index (χ4v) is 0.299. The zero-order valence-electron chi connectivity index (χ0n) is 4.76. The topological polar surface area (TPSA) is 23.8 Å². The molecule has 0 saturated heterocycles. The Kier molecular flexibility index (Phi) is 3.87. The number of hydrogen-bond acceptors (Lipinski definition) is 1. The molecule has 1 atom stereocenters. The van der Waals surface area contributed by atoms with Crippen molar-refractivity contribution < 1.29 is 4.39 Å². The van der Waals surface area contributed by atoms with Crippen LogP contribution in [0, 0.1) is 11.3 Å². The molecule has 0 saturated carbocycles. The van der Waals surface area contributed by atoms with E-state index in [0.717, 1.165) is 6.42 Å². The van der Waals surface area contributed by atoms with E-state index in [1.807, 2.05) is 6.92 Å². The number of alkyl halides is 1.